The minimum atomic E-state index is 0.0613. The van der Waals surface area contributed by atoms with Gasteiger partial charge in [0.15, 0.2) is 0 Å². The van der Waals surface area contributed by atoms with Crippen molar-refractivity contribution in [1.29, 1.82) is 0 Å². The molecule has 1 amide bonds. The summed E-state index contributed by atoms with van der Waals surface area (Å²) in [6, 6.07) is 17.0. The molecule has 4 rings (SSSR count). The second kappa shape index (κ2) is 14.2. The van der Waals surface area contributed by atoms with Crippen LogP contribution >= 0.6 is 23.7 Å². The summed E-state index contributed by atoms with van der Waals surface area (Å²) in [6.07, 6.45) is 16.4. The normalized spacial score (nSPS) is 15.1. The molecule has 0 saturated carbocycles. The molecule has 0 atom stereocenters. The monoisotopic (exact) mass is 572 g/mol. The predicted molar refractivity (Wildman–Crippen MR) is 171 cm³/mol. The Morgan fingerprint density at radius 2 is 1.93 bits per heavy atom. The molecule has 0 spiro atoms. The van der Waals surface area contributed by atoms with Gasteiger partial charge in [-0.25, -0.2) is 4.98 Å². The fourth-order valence-electron chi connectivity index (χ4n) is 4.25. The van der Waals surface area contributed by atoms with Crippen molar-refractivity contribution in [1.82, 2.24) is 14.3 Å². The fraction of sp³-hybridized carbons (Fsp3) is 0.273. The molecule has 0 unspecified atom stereocenters. The van der Waals surface area contributed by atoms with Crippen LogP contribution in [0.15, 0.2) is 90.1 Å². The Balaban J connectivity index is 1.65. The van der Waals surface area contributed by atoms with Gasteiger partial charge in [0.2, 0.25) is 5.91 Å². The van der Waals surface area contributed by atoms with Gasteiger partial charge in [0, 0.05) is 36.3 Å². The Bertz CT molecular complexity index is 1420. The molecular formula is C33H37ClN4OS. The van der Waals surface area contributed by atoms with Gasteiger partial charge in [-0.3, -0.25) is 13.8 Å². The lowest BCUT2D eigenvalue weighted by Crippen LogP contribution is -2.34. The van der Waals surface area contributed by atoms with E-state index < -0.39 is 0 Å². The summed E-state index contributed by atoms with van der Waals surface area (Å²) in [5, 5.41) is 0.669. The van der Waals surface area contributed by atoms with Gasteiger partial charge in [-0.2, -0.15) is 0 Å². The third kappa shape index (κ3) is 8.26. The van der Waals surface area contributed by atoms with Gasteiger partial charge in [-0.15, -0.1) is 0 Å². The van der Waals surface area contributed by atoms with Gasteiger partial charge in [0.1, 0.15) is 5.82 Å². The maximum absolute atomic E-state index is 11.6. The Morgan fingerprint density at radius 1 is 1.15 bits per heavy atom. The lowest BCUT2D eigenvalue weighted by Gasteiger charge is -2.27. The third-order valence-electron chi connectivity index (χ3n) is 6.47. The molecule has 40 heavy (non-hydrogen) atoms. The van der Waals surface area contributed by atoms with Crippen LogP contribution in [0.1, 0.15) is 63.2 Å². The molecule has 3 aromatic rings. The van der Waals surface area contributed by atoms with E-state index in [9.17, 15) is 4.79 Å². The van der Waals surface area contributed by atoms with E-state index in [1.807, 2.05) is 37.3 Å². The largest absolute Gasteiger partial charge is 0.303 e. The number of nitrogens with one attached hydrogen (secondary N) is 1. The minimum Gasteiger partial charge on any atom is -0.303 e. The van der Waals surface area contributed by atoms with Crippen molar-refractivity contribution in [2.24, 2.45) is 5.92 Å². The van der Waals surface area contributed by atoms with Crippen LogP contribution < -0.4 is 9.03 Å². The molecule has 1 fully saturated rings. The maximum Gasteiger partial charge on any atom is 0.232 e. The summed E-state index contributed by atoms with van der Waals surface area (Å²) >= 11 is 7.62. The van der Waals surface area contributed by atoms with E-state index in [0.717, 1.165) is 34.9 Å². The molecule has 7 heteroatoms. The zero-order valence-corrected chi connectivity index (χ0v) is 25.2. The van der Waals surface area contributed by atoms with Gasteiger partial charge < -0.3 is 4.57 Å². The first-order valence-electron chi connectivity index (χ1n) is 13.7. The van der Waals surface area contributed by atoms with E-state index in [1.54, 1.807) is 0 Å². The van der Waals surface area contributed by atoms with E-state index in [1.165, 1.54) is 23.3 Å². The van der Waals surface area contributed by atoms with Crippen molar-refractivity contribution in [3.63, 3.8) is 0 Å². The molecule has 0 bridgehead atoms. The molecule has 2 heterocycles. The summed E-state index contributed by atoms with van der Waals surface area (Å²) in [4.78, 5) is 16.7. The highest BCUT2D eigenvalue weighted by molar-refractivity contribution is 7.99. The number of amides is 1. The van der Waals surface area contributed by atoms with Crippen LogP contribution in [0.2, 0.25) is 0 Å². The van der Waals surface area contributed by atoms with Crippen LogP contribution in [0, 0.1) is 5.92 Å². The first kappa shape index (κ1) is 29.5. The smallest absolute Gasteiger partial charge is 0.232 e. The Kier molecular flexibility index (Phi) is 10.5. The summed E-state index contributed by atoms with van der Waals surface area (Å²) in [7, 11) is 0. The molecule has 0 radical (unpaired) electrons. The molecule has 5 nitrogen and oxygen atoms in total. The number of imidazole rings is 1. The van der Waals surface area contributed by atoms with Gasteiger partial charge in [-0.1, -0.05) is 80.1 Å². The number of halogens is 1. The fourth-order valence-corrected chi connectivity index (χ4v) is 5.16. The molecule has 1 saturated heterocycles. The van der Waals surface area contributed by atoms with E-state index in [2.05, 4.69) is 95.2 Å². The third-order valence-corrected chi connectivity index (χ3v) is 7.65. The number of carbonyl (C=O) groups is 1. The Morgan fingerprint density at radius 3 is 2.62 bits per heavy atom. The zero-order valence-electron chi connectivity index (χ0n) is 23.6. The topological polar surface area (TPSA) is 50.2 Å². The van der Waals surface area contributed by atoms with Crippen molar-refractivity contribution < 1.29 is 4.79 Å². The number of allylic oxidation sites excluding steroid dienone is 7. The van der Waals surface area contributed by atoms with Gasteiger partial charge in [0.05, 0.1) is 23.5 Å². The Labute approximate surface area is 247 Å². The highest BCUT2D eigenvalue weighted by Crippen LogP contribution is 2.28. The number of carbonyl (C=O) groups excluding carboxylic acids is 1. The lowest BCUT2D eigenvalue weighted by atomic mass is 10.1. The van der Waals surface area contributed by atoms with Crippen LogP contribution in [0.4, 0.5) is 5.69 Å². The maximum atomic E-state index is 11.6. The zero-order chi connectivity index (χ0) is 28.5. The van der Waals surface area contributed by atoms with Crippen LogP contribution in [0.3, 0.4) is 0 Å². The van der Waals surface area contributed by atoms with E-state index in [0.29, 0.717) is 30.3 Å². The average Bonchev–Trinajstić information content (AvgIpc) is 3.37. The standard InChI is InChI=1S/C33H37ClN4OS/c1-5-8-28(34)18-13-25(4)31-23-37(29-11-7-12-30(22-29)38-20-19-33(39)36-40-38)32(35-31)21-27-16-14-26(15-17-27)10-6-9-24(2)3/h5-8,10-18,22-24H,9,19-21H2,1-4H3,(H,36,39)/b8-5+,10-6+,25-13+,28-18+. The molecule has 1 aromatic heterocycles. The van der Waals surface area contributed by atoms with Crippen molar-refractivity contribution >= 4 is 47.0 Å². The Hall–Kier alpha value is -3.48. The number of hydrogen-bond donors (Lipinski definition) is 1. The number of anilines is 1. The van der Waals surface area contributed by atoms with Crippen molar-refractivity contribution in [2.75, 3.05) is 10.8 Å². The lowest BCUT2D eigenvalue weighted by molar-refractivity contribution is -0.119. The number of hydrogen-bond acceptors (Lipinski definition) is 4. The molecule has 2 aromatic carbocycles. The number of nitrogens with zero attached hydrogens (tertiary/aromatic N) is 3. The van der Waals surface area contributed by atoms with E-state index in [4.69, 9.17) is 16.6 Å². The van der Waals surface area contributed by atoms with Gasteiger partial charge in [0.25, 0.3) is 0 Å². The van der Waals surface area contributed by atoms with Crippen LogP contribution in [0.5, 0.6) is 0 Å². The number of rotatable bonds is 10. The van der Waals surface area contributed by atoms with Crippen LogP contribution in [-0.4, -0.2) is 22.0 Å². The van der Waals surface area contributed by atoms with Crippen molar-refractivity contribution in [3.05, 3.63) is 113 Å². The predicted octanol–water partition coefficient (Wildman–Crippen LogP) is 8.51. The quantitative estimate of drug-likeness (QED) is 0.195. The van der Waals surface area contributed by atoms with Gasteiger partial charge in [-0.05, 0) is 73.2 Å². The summed E-state index contributed by atoms with van der Waals surface area (Å²) in [5.74, 6) is 1.67. The highest BCUT2D eigenvalue weighted by atomic mass is 35.5. The van der Waals surface area contributed by atoms with Crippen molar-refractivity contribution in [3.8, 4) is 5.69 Å². The summed E-state index contributed by atoms with van der Waals surface area (Å²) in [5.41, 5.74) is 6.38. The summed E-state index contributed by atoms with van der Waals surface area (Å²) < 4.78 is 7.13. The number of aromatic nitrogens is 2. The molecule has 1 aliphatic heterocycles. The second-order valence-electron chi connectivity index (χ2n) is 10.3. The average molecular weight is 573 g/mol. The summed E-state index contributed by atoms with van der Waals surface area (Å²) in [6.45, 7) is 9.12. The highest BCUT2D eigenvalue weighted by Gasteiger charge is 2.18. The van der Waals surface area contributed by atoms with E-state index >= 15 is 0 Å². The molecular weight excluding hydrogens is 536 g/mol. The van der Waals surface area contributed by atoms with Crippen LogP contribution in [0.25, 0.3) is 17.3 Å². The van der Waals surface area contributed by atoms with Crippen molar-refractivity contribution in [2.45, 2.75) is 47.0 Å². The molecule has 1 aliphatic rings. The number of benzene rings is 2. The minimum absolute atomic E-state index is 0.0613. The first-order chi connectivity index (χ1) is 19.3. The van der Waals surface area contributed by atoms with Gasteiger partial charge >= 0.3 is 0 Å². The molecule has 0 aliphatic carbocycles. The molecule has 1 N–H and O–H groups in total. The van der Waals surface area contributed by atoms with Crippen LogP contribution in [-0.2, 0) is 11.2 Å². The SMILES string of the molecule is C/C=C/C(Cl)=C\C=C(/C)c1cn(-c2cccc(N3CCC(=O)NS3)c2)c(Cc2ccc(/C=C/CC(C)C)cc2)n1. The molecule has 208 valence electrons. The van der Waals surface area contributed by atoms with E-state index in [-0.39, 0.29) is 5.91 Å². The second-order valence-corrected chi connectivity index (χ2v) is 11.5. The first-order valence-corrected chi connectivity index (χ1v) is 14.8.